The molecular weight excluding hydrogens is 298 g/mol. The Morgan fingerprint density at radius 2 is 1.79 bits per heavy atom. The minimum Gasteiger partial charge on any atom is -0.356 e. The van der Waals surface area contributed by atoms with E-state index in [4.69, 9.17) is 0 Å². The normalized spacial score (nSPS) is 22.7. The molecule has 1 atom stereocenters. The lowest BCUT2D eigenvalue weighted by Crippen LogP contribution is -2.52. The van der Waals surface area contributed by atoms with Gasteiger partial charge >= 0.3 is 0 Å². The predicted molar refractivity (Wildman–Crippen MR) is 104 cm³/mol. The Labute approximate surface area is 149 Å². The van der Waals surface area contributed by atoms with Gasteiger partial charge in [-0.3, -0.25) is 9.89 Å². The molecular formula is C19H39N5. The van der Waals surface area contributed by atoms with E-state index in [1.165, 1.54) is 71.1 Å². The van der Waals surface area contributed by atoms with Gasteiger partial charge in [0.25, 0.3) is 0 Å². The Bertz CT molecular complexity index is 357. The van der Waals surface area contributed by atoms with Crippen molar-refractivity contribution in [1.29, 1.82) is 0 Å². The second-order valence-electron chi connectivity index (χ2n) is 7.71. The molecule has 1 unspecified atom stereocenters. The summed E-state index contributed by atoms with van der Waals surface area (Å²) in [5.41, 5.74) is 0. The summed E-state index contributed by atoms with van der Waals surface area (Å²) < 4.78 is 0. The highest BCUT2D eigenvalue weighted by Crippen LogP contribution is 2.28. The third kappa shape index (κ3) is 6.98. The average molecular weight is 338 g/mol. The first kappa shape index (κ1) is 19.5. The maximum Gasteiger partial charge on any atom is 0.191 e. The van der Waals surface area contributed by atoms with Crippen molar-refractivity contribution in [3.05, 3.63) is 0 Å². The second kappa shape index (κ2) is 10.9. The minimum absolute atomic E-state index is 0.555. The largest absolute Gasteiger partial charge is 0.356 e. The van der Waals surface area contributed by atoms with Crippen LogP contribution in [0.15, 0.2) is 4.99 Å². The average Bonchev–Trinajstić information content (AvgIpc) is 3.11. The molecule has 140 valence electrons. The molecule has 2 aliphatic rings. The molecule has 2 rings (SSSR count). The number of piperazine rings is 1. The molecule has 5 nitrogen and oxygen atoms in total. The van der Waals surface area contributed by atoms with Gasteiger partial charge in [0.2, 0.25) is 0 Å². The van der Waals surface area contributed by atoms with Crippen LogP contribution in [-0.4, -0.2) is 75.2 Å². The first-order valence-corrected chi connectivity index (χ1v) is 10.1. The Hall–Kier alpha value is -0.810. The molecule has 0 aromatic carbocycles. The van der Waals surface area contributed by atoms with Crippen molar-refractivity contribution in [2.75, 3.05) is 53.4 Å². The van der Waals surface area contributed by atoms with Crippen LogP contribution >= 0.6 is 0 Å². The summed E-state index contributed by atoms with van der Waals surface area (Å²) in [6.07, 6.45) is 9.91. The number of unbranched alkanes of at least 4 members (excludes halogenated alkanes) is 1. The van der Waals surface area contributed by atoms with Crippen LogP contribution in [0.2, 0.25) is 0 Å². The number of rotatable bonds is 8. The van der Waals surface area contributed by atoms with Crippen LogP contribution in [-0.2, 0) is 0 Å². The van der Waals surface area contributed by atoms with Crippen molar-refractivity contribution in [2.24, 2.45) is 10.9 Å². The lowest BCUT2D eigenvalue weighted by Gasteiger charge is -2.36. The molecule has 0 amide bonds. The fourth-order valence-corrected chi connectivity index (χ4v) is 3.92. The standard InChI is InChI=1S/C19H39N5/c1-17(24-14-12-23(3)13-15-24)16-22-19(20-2)21-11-7-6-10-18-8-4-5-9-18/h17-18H,4-16H2,1-3H3,(H2,20,21,22). The van der Waals surface area contributed by atoms with Gasteiger partial charge in [-0.05, 0) is 26.3 Å². The van der Waals surface area contributed by atoms with E-state index in [9.17, 15) is 0 Å². The van der Waals surface area contributed by atoms with Gasteiger partial charge in [-0.15, -0.1) is 0 Å². The molecule has 0 spiro atoms. The highest BCUT2D eigenvalue weighted by molar-refractivity contribution is 5.79. The first-order valence-electron chi connectivity index (χ1n) is 10.1. The van der Waals surface area contributed by atoms with Gasteiger partial charge in [0.1, 0.15) is 0 Å². The molecule has 24 heavy (non-hydrogen) atoms. The van der Waals surface area contributed by atoms with Crippen LogP contribution in [0, 0.1) is 5.92 Å². The number of aliphatic imine (C=N–C) groups is 1. The predicted octanol–water partition coefficient (Wildman–Crippen LogP) is 2.15. The van der Waals surface area contributed by atoms with E-state index in [2.05, 4.69) is 39.4 Å². The van der Waals surface area contributed by atoms with E-state index < -0.39 is 0 Å². The molecule has 1 aliphatic carbocycles. The molecule has 2 fully saturated rings. The molecule has 1 heterocycles. The number of nitrogens with one attached hydrogen (secondary N) is 2. The van der Waals surface area contributed by atoms with E-state index in [1.54, 1.807) is 0 Å². The van der Waals surface area contributed by atoms with Crippen molar-refractivity contribution in [2.45, 2.75) is 57.9 Å². The van der Waals surface area contributed by atoms with Gasteiger partial charge in [-0.2, -0.15) is 0 Å². The monoisotopic (exact) mass is 337 g/mol. The quantitative estimate of drug-likeness (QED) is 0.405. The van der Waals surface area contributed by atoms with Crippen molar-refractivity contribution in [3.8, 4) is 0 Å². The van der Waals surface area contributed by atoms with Crippen molar-refractivity contribution in [1.82, 2.24) is 20.4 Å². The number of hydrogen-bond donors (Lipinski definition) is 2. The third-order valence-corrected chi connectivity index (χ3v) is 5.76. The first-order chi connectivity index (χ1) is 11.7. The molecule has 2 N–H and O–H groups in total. The lowest BCUT2D eigenvalue weighted by molar-refractivity contribution is 0.120. The Balaban J connectivity index is 1.53. The number of guanidine groups is 1. The fourth-order valence-electron chi connectivity index (χ4n) is 3.92. The van der Waals surface area contributed by atoms with E-state index >= 15 is 0 Å². The second-order valence-corrected chi connectivity index (χ2v) is 7.71. The molecule has 1 saturated heterocycles. The van der Waals surface area contributed by atoms with Crippen LogP contribution in [0.3, 0.4) is 0 Å². The van der Waals surface area contributed by atoms with Gasteiger partial charge in [0, 0.05) is 52.4 Å². The minimum atomic E-state index is 0.555. The Kier molecular flexibility index (Phi) is 8.89. The van der Waals surface area contributed by atoms with Crippen molar-refractivity contribution < 1.29 is 0 Å². The summed E-state index contributed by atoms with van der Waals surface area (Å²) in [6, 6.07) is 0.555. The summed E-state index contributed by atoms with van der Waals surface area (Å²) in [4.78, 5) is 9.34. The number of hydrogen-bond acceptors (Lipinski definition) is 3. The fraction of sp³-hybridized carbons (Fsp3) is 0.947. The summed E-state index contributed by atoms with van der Waals surface area (Å²) >= 11 is 0. The summed E-state index contributed by atoms with van der Waals surface area (Å²) in [5, 5.41) is 6.97. The van der Waals surface area contributed by atoms with Crippen LogP contribution in [0.1, 0.15) is 51.9 Å². The molecule has 1 aliphatic heterocycles. The van der Waals surface area contributed by atoms with Gasteiger partial charge < -0.3 is 15.5 Å². The van der Waals surface area contributed by atoms with E-state index in [0.29, 0.717) is 6.04 Å². The summed E-state index contributed by atoms with van der Waals surface area (Å²) in [5.74, 6) is 1.98. The number of nitrogens with zero attached hydrogens (tertiary/aromatic N) is 3. The van der Waals surface area contributed by atoms with Gasteiger partial charge in [-0.1, -0.05) is 38.5 Å². The van der Waals surface area contributed by atoms with E-state index in [-0.39, 0.29) is 0 Å². The molecule has 5 heteroatoms. The highest BCUT2D eigenvalue weighted by Gasteiger charge is 2.19. The van der Waals surface area contributed by atoms with Gasteiger partial charge in [0.15, 0.2) is 5.96 Å². The molecule has 0 bridgehead atoms. The maximum absolute atomic E-state index is 4.36. The van der Waals surface area contributed by atoms with E-state index in [1.807, 2.05) is 7.05 Å². The zero-order chi connectivity index (χ0) is 17.2. The van der Waals surface area contributed by atoms with Crippen molar-refractivity contribution >= 4 is 5.96 Å². The number of likely N-dealkylation sites (N-methyl/N-ethyl adjacent to an activating group) is 1. The molecule has 0 aromatic rings. The molecule has 0 radical (unpaired) electrons. The van der Waals surface area contributed by atoms with Gasteiger partial charge in [0.05, 0.1) is 0 Å². The van der Waals surface area contributed by atoms with Crippen LogP contribution in [0.4, 0.5) is 0 Å². The van der Waals surface area contributed by atoms with Crippen molar-refractivity contribution in [3.63, 3.8) is 0 Å². The van der Waals surface area contributed by atoms with Gasteiger partial charge in [-0.25, -0.2) is 0 Å². The smallest absolute Gasteiger partial charge is 0.191 e. The SMILES string of the molecule is CN=C(NCCCCC1CCCC1)NCC(C)N1CCN(C)CC1. The zero-order valence-electron chi connectivity index (χ0n) is 16.2. The third-order valence-electron chi connectivity index (χ3n) is 5.76. The zero-order valence-corrected chi connectivity index (χ0v) is 16.2. The van der Waals surface area contributed by atoms with Crippen LogP contribution in [0.25, 0.3) is 0 Å². The summed E-state index contributed by atoms with van der Waals surface area (Å²) in [6.45, 7) is 9.02. The topological polar surface area (TPSA) is 42.9 Å². The van der Waals surface area contributed by atoms with Crippen LogP contribution < -0.4 is 10.6 Å². The Morgan fingerprint density at radius 3 is 2.46 bits per heavy atom. The van der Waals surface area contributed by atoms with E-state index in [0.717, 1.165) is 25.0 Å². The lowest BCUT2D eigenvalue weighted by atomic mass is 10.0. The Morgan fingerprint density at radius 1 is 1.08 bits per heavy atom. The maximum atomic E-state index is 4.36. The molecule has 0 aromatic heterocycles. The molecule has 1 saturated carbocycles. The highest BCUT2D eigenvalue weighted by atomic mass is 15.3. The van der Waals surface area contributed by atoms with Crippen LogP contribution in [0.5, 0.6) is 0 Å². The summed E-state index contributed by atoms with van der Waals surface area (Å²) in [7, 11) is 4.08.